The Bertz CT molecular complexity index is 1510. The lowest BCUT2D eigenvalue weighted by Gasteiger charge is -2.11. The van der Waals surface area contributed by atoms with E-state index in [0.29, 0.717) is 24.7 Å². The second-order valence-electron chi connectivity index (χ2n) is 10.1. The molecule has 3 heterocycles. The van der Waals surface area contributed by atoms with E-state index < -0.39 is 0 Å². The maximum absolute atomic E-state index is 12.4. The molecular weight excluding hydrogens is 490 g/mol. The van der Waals surface area contributed by atoms with Crippen molar-refractivity contribution in [2.45, 2.75) is 51.6 Å². The van der Waals surface area contributed by atoms with Crippen LogP contribution in [-0.4, -0.2) is 43.2 Å². The van der Waals surface area contributed by atoms with E-state index in [1.165, 1.54) is 35.1 Å². The molecule has 0 spiro atoms. The number of carbonyl (C=O) groups is 1. The number of hydrogen-bond acceptors (Lipinski definition) is 7. The maximum Gasteiger partial charge on any atom is 0.273 e. The zero-order chi connectivity index (χ0) is 26.6. The molecule has 0 unspecified atom stereocenters. The predicted octanol–water partition coefficient (Wildman–Crippen LogP) is 4.19. The molecule has 198 valence electrons. The van der Waals surface area contributed by atoms with Crippen molar-refractivity contribution in [3.05, 3.63) is 100 Å². The van der Waals surface area contributed by atoms with Gasteiger partial charge < -0.3 is 10.1 Å². The Labute approximate surface area is 227 Å². The molecule has 1 amide bonds. The van der Waals surface area contributed by atoms with E-state index in [0.717, 1.165) is 48.5 Å². The molecule has 1 fully saturated rings. The molecule has 6 rings (SSSR count). The number of benzene rings is 1. The number of fused-ring (bicyclic) bond motifs is 1. The minimum Gasteiger partial charge on any atom is -0.497 e. The van der Waals surface area contributed by atoms with Gasteiger partial charge in [0.25, 0.3) is 5.91 Å². The average Bonchev–Trinajstić information content (AvgIpc) is 3.59. The molecule has 0 radical (unpaired) electrons. The number of nitrogens with one attached hydrogen (secondary N) is 1. The van der Waals surface area contributed by atoms with Crippen LogP contribution in [0.3, 0.4) is 0 Å². The summed E-state index contributed by atoms with van der Waals surface area (Å²) in [4.78, 5) is 16.6. The summed E-state index contributed by atoms with van der Waals surface area (Å²) in [7, 11) is 1.71. The molecule has 9 nitrogen and oxygen atoms in total. The third-order valence-electron chi connectivity index (χ3n) is 7.30. The minimum atomic E-state index is -0.259. The number of hydrogen-bond donors (Lipinski definition) is 1. The van der Waals surface area contributed by atoms with Crippen LogP contribution < -0.4 is 10.1 Å². The molecule has 0 saturated heterocycles. The van der Waals surface area contributed by atoms with Gasteiger partial charge in [0, 0.05) is 24.7 Å². The number of aromatic nitrogens is 6. The highest BCUT2D eigenvalue weighted by molar-refractivity contribution is 5.91. The van der Waals surface area contributed by atoms with Gasteiger partial charge in [-0.05, 0) is 79.5 Å². The Kier molecular flexibility index (Phi) is 7.12. The van der Waals surface area contributed by atoms with Crippen LogP contribution in [0.5, 0.6) is 5.75 Å². The molecule has 4 aromatic rings. The zero-order valence-corrected chi connectivity index (χ0v) is 22.0. The third-order valence-corrected chi connectivity index (χ3v) is 7.30. The summed E-state index contributed by atoms with van der Waals surface area (Å²) in [5.74, 6) is 1.27. The number of rotatable bonds is 11. The highest BCUT2D eigenvalue weighted by atomic mass is 16.5. The summed E-state index contributed by atoms with van der Waals surface area (Å²) in [5.41, 5.74) is 8.40. The van der Waals surface area contributed by atoms with Gasteiger partial charge in [-0.15, -0.1) is 5.10 Å². The highest BCUT2D eigenvalue weighted by Gasteiger charge is 2.35. The molecule has 2 aliphatic carbocycles. The Morgan fingerprint density at radius 3 is 2.79 bits per heavy atom. The fraction of sp³-hybridized carbons (Fsp3) is 0.333. The van der Waals surface area contributed by atoms with Crippen molar-refractivity contribution in [2.24, 2.45) is 5.92 Å². The fourth-order valence-corrected chi connectivity index (χ4v) is 5.12. The molecule has 0 aliphatic heterocycles. The number of unbranched alkanes of at least 4 members (excludes halogenated alkanes) is 1. The highest BCUT2D eigenvalue weighted by Crippen LogP contribution is 2.48. The number of ether oxygens (including phenoxy) is 1. The Hall–Kier alpha value is -4.40. The van der Waals surface area contributed by atoms with E-state index in [-0.39, 0.29) is 5.91 Å². The molecule has 0 bridgehead atoms. The number of pyridine rings is 1. The molecular formula is C30H31N7O2. The van der Waals surface area contributed by atoms with Gasteiger partial charge in [0.2, 0.25) is 0 Å². The van der Waals surface area contributed by atoms with Crippen LogP contribution in [0, 0.1) is 5.92 Å². The van der Waals surface area contributed by atoms with Crippen molar-refractivity contribution in [3.63, 3.8) is 0 Å². The van der Waals surface area contributed by atoms with Crippen molar-refractivity contribution in [1.29, 1.82) is 0 Å². The van der Waals surface area contributed by atoms with Crippen LogP contribution in [0.4, 0.5) is 0 Å². The second kappa shape index (κ2) is 11.1. The smallest absolute Gasteiger partial charge is 0.273 e. The predicted molar refractivity (Wildman–Crippen MR) is 146 cm³/mol. The lowest BCUT2D eigenvalue weighted by Crippen LogP contribution is -2.23. The van der Waals surface area contributed by atoms with Crippen LogP contribution in [-0.2, 0) is 25.9 Å². The lowest BCUT2D eigenvalue weighted by atomic mass is 9.95. The standard InChI is InChI=1S/C30H31N7O2/c1-39-24-10-6-7-21(15-24)29-25(20-11-12-20)17-27-26(29)16-22(33-34-27)8-3-5-14-37-19-28(35-36-37)30(38)32-18-23-9-2-4-13-31-23/h2,4,6-7,9-10,13,15-16,19-20H,3,5,8,11-12,14,17-18H2,1H3,(H,32,38). The maximum atomic E-state index is 12.4. The van der Waals surface area contributed by atoms with Gasteiger partial charge in [-0.25, -0.2) is 0 Å². The number of amides is 1. The van der Waals surface area contributed by atoms with Gasteiger partial charge in [-0.1, -0.05) is 29.0 Å². The molecule has 1 aromatic carbocycles. The lowest BCUT2D eigenvalue weighted by molar-refractivity contribution is 0.0945. The summed E-state index contributed by atoms with van der Waals surface area (Å²) in [6.45, 7) is 1.03. The summed E-state index contributed by atoms with van der Waals surface area (Å²) in [5, 5.41) is 20.2. The minimum absolute atomic E-state index is 0.259. The average molecular weight is 522 g/mol. The number of carbonyl (C=O) groups excluding carboxylic acids is 1. The van der Waals surface area contributed by atoms with E-state index in [9.17, 15) is 4.79 Å². The molecule has 0 atom stereocenters. The number of aryl methyl sites for hydroxylation is 2. The first-order valence-electron chi connectivity index (χ1n) is 13.5. The van der Waals surface area contributed by atoms with E-state index in [1.807, 2.05) is 24.3 Å². The van der Waals surface area contributed by atoms with Gasteiger partial charge in [-0.2, -0.15) is 10.2 Å². The SMILES string of the molecule is COc1cccc(C2=C(C3CC3)Cc3nnc(CCCCn4cc(C(=O)NCc5ccccn5)nn4)cc32)c1. The van der Waals surface area contributed by atoms with Gasteiger partial charge in [0.05, 0.1) is 36.9 Å². The van der Waals surface area contributed by atoms with Crippen LogP contribution in [0.15, 0.2) is 66.5 Å². The van der Waals surface area contributed by atoms with Gasteiger partial charge in [-0.3, -0.25) is 14.5 Å². The first-order chi connectivity index (χ1) is 19.2. The first kappa shape index (κ1) is 24.9. The van der Waals surface area contributed by atoms with E-state index in [2.05, 4.69) is 55.1 Å². The number of allylic oxidation sites excluding steroid dienone is 1. The molecule has 2 aliphatic rings. The summed E-state index contributed by atoms with van der Waals surface area (Å²) < 4.78 is 7.22. The van der Waals surface area contributed by atoms with Crippen molar-refractivity contribution >= 4 is 11.5 Å². The summed E-state index contributed by atoms with van der Waals surface area (Å²) >= 11 is 0. The van der Waals surface area contributed by atoms with E-state index >= 15 is 0 Å². The Morgan fingerprint density at radius 1 is 1.05 bits per heavy atom. The Morgan fingerprint density at radius 2 is 1.97 bits per heavy atom. The fourth-order valence-electron chi connectivity index (χ4n) is 5.12. The number of methoxy groups -OCH3 is 1. The van der Waals surface area contributed by atoms with E-state index in [4.69, 9.17) is 4.74 Å². The number of nitrogens with zero attached hydrogens (tertiary/aromatic N) is 6. The van der Waals surface area contributed by atoms with Crippen molar-refractivity contribution in [3.8, 4) is 5.75 Å². The normalized spacial score (nSPS) is 14.4. The molecule has 3 aromatic heterocycles. The second-order valence-corrected chi connectivity index (χ2v) is 10.1. The summed E-state index contributed by atoms with van der Waals surface area (Å²) in [6, 6.07) is 16.2. The van der Waals surface area contributed by atoms with E-state index in [1.54, 1.807) is 24.2 Å². The van der Waals surface area contributed by atoms with Gasteiger partial charge >= 0.3 is 0 Å². The topological polar surface area (TPSA) is 108 Å². The summed E-state index contributed by atoms with van der Waals surface area (Å²) in [6.07, 6.45) is 9.45. The van der Waals surface area contributed by atoms with Gasteiger partial charge in [0.15, 0.2) is 5.69 Å². The largest absolute Gasteiger partial charge is 0.497 e. The zero-order valence-electron chi connectivity index (χ0n) is 22.0. The van der Waals surface area contributed by atoms with Crippen molar-refractivity contribution in [2.75, 3.05) is 7.11 Å². The van der Waals surface area contributed by atoms with Crippen LogP contribution in [0.2, 0.25) is 0 Å². The quantitative estimate of drug-likeness (QED) is 0.295. The third kappa shape index (κ3) is 5.72. The molecule has 1 saturated carbocycles. The van der Waals surface area contributed by atoms with Crippen molar-refractivity contribution < 1.29 is 9.53 Å². The molecule has 9 heteroatoms. The monoisotopic (exact) mass is 521 g/mol. The van der Waals surface area contributed by atoms with Crippen molar-refractivity contribution in [1.82, 2.24) is 35.5 Å². The first-order valence-corrected chi connectivity index (χ1v) is 13.5. The molecule has 1 N–H and O–H groups in total. The van der Waals surface area contributed by atoms with Crippen LogP contribution in [0.25, 0.3) is 5.57 Å². The van der Waals surface area contributed by atoms with Gasteiger partial charge in [0.1, 0.15) is 5.75 Å². The van der Waals surface area contributed by atoms with Crippen LogP contribution in [0.1, 0.15) is 64.4 Å². The van der Waals surface area contributed by atoms with Crippen LogP contribution >= 0.6 is 0 Å². The molecule has 39 heavy (non-hydrogen) atoms. The Balaban J connectivity index is 1.06.